The van der Waals surface area contributed by atoms with Gasteiger partial charge in [-0.3, -0.25) is 4.79 Å². The van der Waals surface area contributed by atoms with Crippen LogP contribution in [0.3, 0.4) is 0 Å². The number of hydrogen-bond donors (Lipinski definition) is 1. The maximum absolute atomic E-state index is 12.8. The predicted octanol–water partition coefficient (Wildman–Crippen LogP) is 2.90. The van der Waals surface area contributed by atoms with E-state index in [1.54, 1.807) is 12.3 Å². The van der Waals surface area contributed by atoms with E-state index in [9.17, 15) is 18.0 Å². The fourth-order valence-corrected chi connectivity index (χ4v) is 2.36. The van der Waals surface area contributed by atoms with E-state index >= 15 is 0 Å². The molecule has 1 aliphatic rings. The van der Waals surface area contributed by atoms with Crippen molar-refractivity contribution in [1.82, 2.24) is 14.8 Å². The first-order valence-electron chi connectivity index (χ1n) is 7.32. The summed E-state index contributed by atoms with van der Waals surface area (Å²) in [7, 11) is 0. The zero-order chi connectivity index (χ0) is 17.4. The quantitative estimate of drug-likeness (QED) is 0.840. The van der Waals surface area contributed by atoms with Gasteiger partial charge in [-0.1, -0.05) is 0 Å². The van der Waals surface area contributed by atoms with Crippen LogP contribution < -0.4 is 10.5 Å². The van der Waals surface area contributed by atoms with Crippen molar-refractivity contribution in [2.45, 2.75) is 25.4 Å². The van der Waals surface area contributed by atoms with Crippen LogP contribution in [-0.4, -0.2) is 33.5 Å². The summed E-state index contributed by atoms with van der Waals surface area (Å²) < 4.78 is 45.2. The molecule has 2 aromatic rings. The lowest BCUT2D eigenvalue weighted by Gasteiger charge is -2.18. The van der Waals surface area contributed by atoms with E-state index in [-0.39, 0.29) is 49.7 Å². The zero-order valence-electron chi connectivity index (χ0n) is 13.0. The van der Waals surface area contributed by atoms with Crippen molar-refractivity contribution in [3.63, 3.8) is 0 Å². The number of carbonyl (C=O) groups excluding carboxylic acids is 1. The Kier molecular flexibility index (Phi) is 5.26. The highest BCUT2D eigenvalue weighted by molar-refractivity contribution is 5.92. The lowest BCUT2D eigenvalue weighted by molar-refractivity contribution is -0.190. The van der Waals surface area contributed by atoms with E-state index in [1.807, 2.05) is 0 Å². The van der Waals surface area contributed by atoms with Crippen LogP contribution in [0.2, 0.25) is 0 Å². The molecule has 0 atom stereocenters. The van der Waals surface area contributed by atoms with Crippen LogP contribution in [0.5, 0.6) is 5.88 Å². The number of nitrogens with zero attached hydrogens (tertiary/aromatic N) is 3. The van der Waals surface area contributed by atoms with Crippen LogP contribution in [0.4, 0.5) is 13.2 Å². The summed E-state index contributed by atoms with van der Waals surface area (Å²) >= 11 is 0. The van der Waals surface area contributed by atoms with Crippen molar-refractivity contribution < 1.29 is 22.7 Å². The molecule has 1 aliphatic carbocycles. The van der Waals surface area contributed by atoms with Crippen LogP contribution in [-0.2, 0) is 0 Å². The number of rotatable bonds is 6. The third-order valence-corrected chi connectivity index (χ3v) is 4.12. The average Bonchev–Trinajstić information content (AvgIpc) is 3.18. The summed E-state index contributed by atoms with van der Waals surface area (Å²) in [5, 5.41) is 4.09. The molecular weight excluding hydrogens is 361 g/mol. The number of halogens is 4. The normalized spacial score (nSPS) is 15.3. The molecule has 0 spiro atoms. The highest BCUT2D eigenvalue weighted by Gasteiger charge is 2.62. The molecule has 1 fully saturated rings. The molecule has 25 heavy (non-hydrogen) atoms. The van der Waals surface area contributed by atoms with Gasteiger partial charge < -0.3 is 10.5 Å². The van der Waals surface area contributed by atoms with Gasteiger partial charge >= 0.3 is 6.18 Å². The molecular formula is C15H16ClF3N4O2. The predicted molar refractivity (Wildman–Crippen MR) is 85.0 cm³/mol. The topological polar surface area (TPSA) is 83.0 Å². The van der Waals surface area contributed by atoms with Crippen LogP contribution in [0.25, 0.3) is 5.82 Å². The van der Waals surface area contributed by atoms with Crippen LogP contribution in [0.15, 0.2) is 30.6 Å². The van der Waals surface area contributed by atoms with Crippen molar-refractivity contribution in [2.75, 3.05) is 6.61 Å². The van der Waals surface area contributed by atoms with E-state index < -0.39 is 17.5 Å². The molecule has 3 rings (SSSR count). The standard InChI is InChI=1S/C15H15F3N4O2.ClH/c16-15(17,18)14(4-5-14)6-8-24-12-3-7-22(21-12)11-2-1-10(9-20-11)13(19)23;/h1-3,7,9H,4-6,8H2,(H2,19,23);1H. The maximum atomic E-state index is 12.8. The highest BCUT2D eigenvalue weighted by Crippen LogP contribution is 2.59. The number of ether oxygens (including phenoxy) is 1. The van der Waals surface area contributed by atoms with Gasteiger partial charge in [-0.25, -0.2) is 9.67 Å². The van der Waals surface area contributed by atoms with Crippen molar-refractivity contribution in [1.29, 1.82) is 0 Å². The minimum atomic E-state index is -4.18. The summed E-state index contributed by atoms with van der Waals surface area (Å²) in [4.78, 5) is 15.0. The minimum Gasteiger partial charge on any atom is -0.477 e. The summed E-state index contributed by atoms with van der Waals surface area (Å²) in [6.45, 7) is -0.0510. The van der Waals surface area contributed by atoms with Crippen LogP contribution >= 0.6 is 12.4 Å². The number of pyridine rings is 1. The first-order chi connectivity index (χ1) is 11.3. The molecule has 10 heteroatoms. The molecule has 0 bridgehead atoms. The number of nitrogens with two attached hydrogens (primary N) is 1. The fourth-order valence-electron chi connectivity index (χ4n) is 2.36. The second-order valence-electron chi connectivity index (χ2n) is 5.74. The van der Waals surface area contributed by atoms with Gasteiger partial charge in [0.05, 0.1) is 17.6 Å². The van der Waals surface area contributed by atoms with Crippen molar-refractivity contribution in [2.24, 2.45) is 11.1 Å². The van der Waals surface area contributed by atoms with Crippen molar-refractivity contribution >= 4 is 18.3 Å². The van der Waals surface area contributed by atoms with Gasteiger partial charge in [-0.2, -0.15) is 13.2 Å². The Hall–Kier alpha value is -2.29. The molecule has 2 N–H and O–H groups in total. The summed E-state index contributed by atoms with van der Waals surface area (Å²) in [6.07, 6.45) is -1.05. The molecule has 0 aliphatic heterocycles. The van der Waals surface area contributed by atoms with E-state index in [1.165, 1.54) is 23.0 Å². The molecule has 1 saturated carbocycles. The first kappa shape index (κ1) is 19.0. The Bertz CT molecular complexity index is 742. The zero-order valence-corrected chi connectivity index (χ0v) is 13.8. The number of amides is 1. The lowest BCUT2D eigenvalue weighted by atomic mass is 10.0. The number of carbonyl (C=O) groups is 1. The smallest absolute Gasteiger partial charge is 0.394 e. The molecule has 2 heterocycles. The van der Waals surface area contributed by atoms with Gasteiger partial charge in [0.15, 0.2) is 5.82 Å². The van der Waals surface area contributed by atoms with Crippen molar-refractivity contribution in [3.05, 3.63) is 36.2 Å². The third-order valence-electron chi connectivity index (χ3n) is 4.12. The Morgan fingerprint density at radius 1 is 1.32 bits per heavy atom. The Balaban J connectivity index is 0.00000225. The van der Waals surface area contributed by atoms with Gasteiger partial charge in [-0.05, 0) is 31.4 Å². The maximum Gasteiger partial charge on any atom is 0.394 e. The SMILES string of the molecule is Cl.NC(=O)c1ccc(-n2ccc(OCCC3(C(F)(F)F)CC3)n2)nc1. The van der Waals surface area contributed by atoms with Crippen molar-refractivity contribution in [3.8, 4) is 11.7 Å². The van der Waals surface area contributed by atoms with E-state index in [0.29, 0.717) is 5.82 Å². The van der Waals surface area contributed by atoms with Gasteiger partial charge in [-0.15, -0.1) is 17.5 Å². The van der Waals surface area contributed by atoms with E-state index in [0.717, 1.165) is 0 Å². The minimum absolute atomic E-state index is 0. The second-order valence-corrected chi connectivity index (χ2v) is 5.74. The molecule has 1 amide bonds. The summed E-state index contributed by atoms with van der Waals surface area (Å²) in [5.74, 6) is 0.0646. The summed E-state index contributed by atoms with van der Waals surface area (Å²) in [6, 6.07) is 4.60. The Morgan fingerprint density at radius 3 is 2.56 bits per heavy atom. The van der Waals surface area contributed by atoms with Crippen LogP contribution in [0.1, 0.15) is 29.6 Å². The summed E-state index contributed by atoms with van der Waals surface area (Å²) in [5.41, 5.74) is 3.82. The number of alkyl halides is 3. The highest BCUT2D eigenvalue weighted by atomic mass is 35.5. The average molecular weight is 377 g/mol. The fraction of sp³-hybridized carbons (Fsp3) is 0.400. The number of hydrogen-bond acceptors (Lipinski definition) is 4. The molecule has 6 nitrogen and oxygen atoms in total. The molecule has 2 aromatic heterocycles. The Labute approximate surface area is 147 Å². The monoisotopic (exact) mass is 376 g/mol. The third kappa shape index (κ3) is 4.04. The van der Waals surface area contributed by atoms with Gasteiger partial charge in [0.25, 0.3) is 0 Å². The Morgan fingerprint density at radius 2 is 2.04 bits per heavy atom. The molecule has 0 saturated heterocycles. The van der Waals surface area contributed by atoms with Gasteiger partial charge in [0, 0.05) is 18.5 Å². The molecule has 136 valence electrons. The van der Waals surface area contributed by atoms with E-state index in [4.69, 9.17) is 10.5 Å². The molecule has 0 aromatic carbocycles. The molecule has 0 unspecified atom stereocenters. The van der Waals surface area contributed by atoms with Gasteiger partial charge in [0.2, 0.25) is 11.8 Å². The first-order valence-corrected chi connectivity index (χ1v) is 7.32. The van der Waals surface area contributed by atoms with Gasteiger partial charge in [0.1, 0.15) is 0 Å². The molecule has 0 radical (unpaired) electrons. The second kappa shape index (κ2) is 6.91. The number of primary amides is 1. The number of aromatic nitrogens is 3. The largest absolute Gasteiger partial charge is 0.477 e. The lowest BCUT2D eigenvalue weighted by Crippen LogP contribution is -2.26. The van der Waals surface area contributed by atoms with Crippen LogP contribution in [0, 0.1) is 5.41 Å². The van der Waals surface area contributed by atoms with E-state index in [2.05, 4.69) is 10.1 Å².